The fourth-order valence-electron chi connectivity index (χ4n) is 3.89. The third-order valence-corrected chi connectivity index (χ3v) is 6.01. The average molecular weight is 417 g/mol. The monoisotopic (exact) mass is 417 g/mol. The second-order valence-electron chi connectivity index (χ2n) is 8.10. The van der Waals surface area contributed by atoms with Crippen molar-refractivity contribution in [1.29, 1.82) is 0 Å². The number of aromatic amines is 1. The Labute approximate surface area is 179 Å². The number of hydrogen-bond acceptors (Lipinski definition) is 5. The van der Waals surface area contributed by atoms with Crippen LogP contribution >= 0.6 is 0 Å². The summed E-state index contributed by atoms with van der Waals surface area (Å²) in [6, 6.07) is 15.6. The molecule has 3 aromatic rings. The van der Waals surface area contributed by atoms with Crippen molar-refractivity contribution < 1.29 is 14.7 Å². The summed E-state index contributed by atoms with van der Waals surface area (Å²) in [5.41, 5.74) is 2.51. The Morgan fingerprint density at radius 2 is 1.39 bits per heavy atom. The molecule has 2 fully saturated rings. The van der Waals surface area contributed by atoms with Crippen LogP contribution in [-0.2, 0) is 4.79 Å². The van der Waals surface area contributed by atoms with E-state index < -0.39 is 5.60 Å². The van der Waals surface area contributed by atoms with Crippen molar-refractivity contribution in [3.8, 4) is 22.5 Å². The molecule has 2 aliphatic rings. The third kappa shape index (κ3) is 3.82. The summed E-state index contributed by atoms with van der Waals surface area (Å²) in [6.07, 6.45) is 2.56. The Kier molecular flexibility index (Phi) is 4.78. The molecule has 0 spiro atoms. The molecule has 1 saturated carbocycles. The average Bonchev–Trinajstić information content (AvgIpc) is 3.34. The molecule has 31 heavy (non-hydrogen) atoms. The first-order valence-corrected chi connectivity index (χ1v) is 10.4. The maximum atomic E-state index is 12.9. The maximum Gasteiger partial charge on any atom is 0.254 e. The van der Waals surface area contributed by atoms with Gasteiger partial charge in [0.15, 0.2) is 5.82 Å². The number of carbonyl (C=O) groups is 2. The van der Waals surface area contributed by atoms with E-state index in [0.29, 0.717) is 44.6 Å². The van der Waals surface area contributed by atoms with E-state index >= 15 is 0 Å². The molecule has 0 atom stereocenters. The van der Waals surface area contributed by atoms with Crippen LogP contribution in [0.3, 0.4) is 0 Å². The SMILES string of the molecule is O=C(c1ccc(-c2ccc(-c3ncn[nH]3)cc2)cc1)N1CCN(C(=O)C2(O)CC2)CC1. The Hall–Kier alpha value is -3.52. The van der Waals surface area contributed by atoms with Gasteiger partial charge in [0.05, 0.1) is 0 Å². The molecule has 2 aromatic carbocycles. The first kappa shape index (κ1) is 19.4. The summed E-state index contributed by atoms with van der Waals surface area (Å²) in [6.45, 7) is 1.88. The quantitative estimate of drug-likeness (QED) is 0.676. The Morgan fingerprint density at radius 3 is 1.94 bits per heavy atom. The largest absolute Gasteiger partial charge is 0.380 e. The van der Waals surface area contributed by atoms with Gasteiger partial charge in [-0.25, -0.2) is 4.98 Å². The van der Waals surface area contributed by atoms with Gasteiger partial charge in [0.2, 0.25) is 0 Å². The van der Waals surface area contributed by atoms with Crippen molar-refractivity contribution in [2.75, 3.05) is 26.2 Å². The molecule has 8 heteroatoms. The predicted octanol–water partition coefficient (Wildman–Crippen LogP) is 1.95. The van der Waals surface area contributed by atoms with Crippen molar-refractivity contribution in [2.24, 2.45) is 0 Å². The highest BCUT2D eigenvalue weighted by Gasteiger charge is 2.50. The van der Waals surface area contributed by atoms with E-state index in [1.807, 2.05) is 48.5 Å². The number of aliphatic hydroxyl groups is 1. The normalized spacial score (nSPS) is 17.5. The van der Waals surface area contributed by atoms with Crippen molar-refractivity contribution in [3.05, 3.63) is 60.4 Å². The molecule has 1 aliphatic carbocycles. The van der Waals surface area contributed by atoms with Gasteiger partial charge < -0.3 is 14.9 Å². The van der Waals surface area contributed by atoms with Crippen LogP contribution in [0.15, 0.2) is 54.9 Å². The third-order valence-electron chi connectivity index (χ3n) is 6.01. The number of amides is 2. The molecule has 158 valence electrons. The number of hydrogen-bond donors (Lipinski definition) is 2. The number of nitrogens with zero attached hydrogens (tertiary/aromatic N) is 4. The van der Waals surface area contributed by atoms with E-state index in [4.69, 9.17) is 0 Å². The molecule has 2 amide bonds. The van der Waals surface area contributed by atoms with Crippen LogP contribution in [0, 0.1) is 0 Å². The number of benzene rings is 2. The minimum atomic E-state index is -1.14. The van der Waals surface area contributed by atoms with Crippen LogP contribution in [0.4, 0.5) is 0 Å². The summed E-state index contributed by atoms with van der Waals surface area (Å²) in [5, 5.41) is 16.7. The molecule has 2 heterocycles. The summed E-state index contributed by atoms with van der Waals surface area (Å²) in [7, 11) is 0. The van der Waals surface area contributed by atoms with Gasteiger partial charge in [0.25, 0.3) is 11.8 Å². The molecule has 2 N–H and O–H groups in total. The van der Waals surface area contributed by atoms with E-state index in [-0.39, 0.29) is 11.8 Å². The van der Waals surface area contributed by atoms with Crippen LogP contribution in [0.2, 0.25) is 0 Å². The smallest absolute Gasteiger partial charge is 0.254 e. The summed E-state index contributed by atoms with van der Waals surface area (Å²) in [5.74, 6) is 0.489. The minimum Gasteiger partial charge on any atom is -0.380 e. The summed E-state index contributed by atoms with van der Waals surface area (Å²) < 4.78 is 0. The highest BCUT2D eigenvalue weighted by atomic mass is 16.3. The van der Waals surface area contributed by atoms with E-state index in [0.717, 1.165) is 22.5 Å². The second-order valence-corrected chi connectivity index (χ2v) is 8.10. The number of aromatic nitrogens is 3. The molecule has 0 radical (unpaired) electrons. The molecular weight excluding hydrogens is 394 g/mol. The number of carbonyl (C=O) groups excluding carboxylic acids is 2. The predicted molar refractivity (Wildman–Crippen MR) is 114 cm³/mol. The zero-order chi connectivity index (χ0) is 21.4. The van der Waals surface area contributed by atoms with Crippen LogP contribution in [-0.4, -0.2) is 73.7 Å². The number of piperazine rings is 1. The van der Waals surface area contributed by atoms with Crippen molar-refractivity contribution >= 4 is 11.8 Å². The van der Waals surface area contributed by atoms with Gasteiger partial charge in [-0.2, -0.15) is 5.10 Å². The lowest BCUT2D eigenvalue weighted by Crippen LogP contribution is -2.53. The van der Waals surface area contributed by atoms with Crippen LogP contribution in [0.5, 0.6) is 0 Å². The Balaban J connectivity index is 1.22. The first-order chi connectivity index (χ1) is 15.0. The van der Waals surface area contributed by atoms with E-state index in [1.165, 1.54) is 6.33 Å². The lowest BCUT2D eigenvalue weighted by Gasteiger charge is -2.35. The minimum absolute atomic E-state index is 0.0375. The molecule has 1 saturated heterocycles. The van der Waals surface area contributed by atoms with Crippen LogP contribution < -0.4 is 0 Å². The van der Waals surface area contributed by atoms with Crippen molar-refractivity contribution in [1.82, 2.24) is 25.0 Å². The van der Waals surface area contributed by atoms with Gasteiger partial charge >= 0.3 is 0 Å². The molecule has 8 nitrogen and oxygen atoms in total. The highest BCUT2D eigenvalue weighted by molar-refractivity contribution is 5.95. The van der Waals surface area contributed by atoms with E-state index in [9.17, 15) is 14.7 Å². The molecule has 1 aliphatic heterocycles. The zero-order valence-electron chi connectivity index (χ0n) is 17.0. The second kappa shape index (κ2) is 7.63. The maximum absolute atomic E-state index is 12.9. The molecule has 1 aromatic heterocycles. The van der Waals surface area contributed by atoms with Crippen molar-refractivity contribution in [3.63, 3.8) is 0 Å². The van der Waals surface area contributed by atoms with Gasteiger partial charge in [0.1, 0.15) is 11.9 Å². The van der Waals surface area contributed by atoms with Gasteiger partial charge in [-0.05, 0) is 36.1 Å². The lowest BCUT2D eigenvalue weighted by molar-refractivity contribution is -0.143. The van der Waals surface area contributed by atoms with Gasteiger partial charge in [-0.15, -0.1) is 0 Å². The topological polar surface area (TPSA) is 102 Å². The first-order valence-electron chi connectivity index (χ1n) is 10.4. The van der Waals surface area contributed by atoms with Gasteiger partial charge in [-0.1, -0.05) is 36.4 Å². The molecular formula is C23H23N5O3. The van der Waals surface area contributed by atoms with Gasteiger partial charge in [-0.3, -0.25) is 14.7 Å². The highest BCUT2D eigenvalue weighted by Crippen LogP contribution is 2.37. The fourth-order valence-corrected chi connectivity index (χ4v) is 3.89. The van der Waals surface area contributed by atoms with E-state index in [1.54, 1.807) is 9.80 Å². The zero-order valence-corrected chi connectivity index (χ0v) is 17.0. The summed E-state index contributed by atoms with van der Waals surface area (Å²) in [4.78, 5) is 32.7. The standard InChI is InChI=1S/C23H23N5O3/c29-21(27-11-13-28(14-12-27)22(30)23(31)9-10-23)19-7-3-17(4-8-19)16-1-5-18(6-2-16)20-24-15-25-26-20/h1-8,15,31H,9-14H2,(H,24,25,26). The number of nitrogens with one attached hydrogen (secondary N) is 1. The lowest BCUT2D eigenvalue weighted by atomic mass is 10.0. The van der Waals surface area contributed by atoms with E-state index in [2.05, 4.69) is 15.2 Å². The van der Waals surface area contributed by atoms with Crippen LogP contribution in [0.25, 0.3) is 22.5 Å². The summed E-state index contributed by atoms with van der Waals surface area (Å²) >= 11 is 0. The fraction of sp³-hybridized carbons (Fsp3) is 0.304. The Bertz CT molecular complexity index is 1080. The van der Waals surface area contributed by atoms with Crippen LogP contribution in [0.1, 0.15) is 23.2 Å². The molecule has 0 bridgehead atoms. The molecule has 5 rings (SSSR count). The molecule has 0 unspecified atom stereocenters. The number of H-pyrrole nitrogens is 1. The number of rotatable bonds is 4. The Morgan fingerprint density at radius 1 is 0.839 bits per heavy atom. The van der Waals surface area contributed by atoms with Gasteiger partial charge in [0, 0.05) is 37.3 Å². The van der Waals surface area contributed by atoms with Crippen molar-refractivity contribution in [2.45, 2.75) is 18.4 Å².